The molecule has 0 saturated carbocycles. The molecule has 0 spiro atoms. The molecule has 3 rings (SSSR count). The number of pyridine rings is 1. The molecular formula is C16H20N4S. The van der Waals surface area contributed by atoms with Crippen molar-refractivity contribution in [1.82, 2.24) is 20.1 Å². The van der Waals surface area contributed by atoms with Crippen molar-refractivity contribution in [3.8, 4) is 0 Å². The molecule has 1 atom stereocenters. The Morgan fingerprint density at radius 3 is 3.00 bits per heavy atom. The molecule has 110 valence electrons. The Labute approximate surface area is 128 Å². The fourth-order valence-corrected chi connectivity index (χ4v) is 3.51. The summed E-state index contributed by atoms with van der Waals surface area (Å²) in [5.74, 6) is 0. The SMILES string of the molecule is CCC(NCc1cnc2c(c1)c(C)nn2C)c1cccs1. The third-order valence-corrected chi connectivity index (χ3v) is 4.75. The van der Waals surface area contributed by atoms with Crippen molar-refractivity contribution in [2.75, 3.05) is 0 Å². The highest BCUT2D eigenvalue weighted by atomic mass is 32.1. The number of aryl methyl sites for hydroxylation is 2. The average molecular weight is 300 g/mol. The van der Waals surface area contributed by atoms with Crippen LogP contribution in [0.2, 0.25) is 0 Å². The van der Waals surface area contributed by atoms with E-state index in [2.05, 4.69) is 45.9 Å². The lowest BCUT2D eigenvalue weighted by Crippen LogP contribution is -2.19. The van der Waals surface area contributed by atoms with Gasteiger partial charge in [-0.25, -0.2) is 4.98 Å². The largest absolute Gasteiger partial charge is 0.305 e. The zero-order valence-electron chi connectivity index (χ0n) is 12.6. The van der Waals surface area contributed by atoms with E-state index in [1.165, 1.54) is 10.4 Å². The van der Waals surface area contributed by atoms with Gasteiger partial charge in [-0.05, 0) is 36.4 Å². The average Bonchev–Trinajstić information content (AvgIpc) is 3.10. The van der Waals surface area contributed by atoms with Gasteiger partial charge in [0.1, 0.15) is 0 Å². The second kappa shape index (κ2) is 5.95. The second-order valence-corrected chi connectivity index (χ2v) is 6.26. The van der Waals surface area contributed by atoms with Gasteiger partial charge < -0.3 is 5.32 Å². The van der Waals surface area contributed by atoms with Gasteiger partial charge in [0, 0.05) is 36.1 Å². The van der Waals surface area contributed by atoms with E-state index in [0.29, 0.717) is 6.04 Å². The van der Waals surface area contributed by atoms with Crippen molar-refractivity contribution >= 4 is 22.4 Å². The first-order chi connectivity index (χ1) is 10.2. The normalized spacial score (nSPS) is 12.9. The van der Waals surface area contributed by atoms with Crippen molar-refractivity contribution in [2.24, 2.45) is 7.05 Å². The van der Waals surface area contributed by atoms with Crippen LogP contribution in [0, 0.1) is 6.92 Å². The number of aromatic nitrogens is 3. The number of hydrogen-bond donors (Lipinski definition) is 1. The first-order valence-corrected chi connectivity index (χ1v) is 8.12. The van der Waals surface area contributed by atoms with Gasteiger partial charge in [-0.1, -0.05) is 13.0 Å². The molecule has 1 N–H and O–H groups in total. The van der Waals surface area contributed by atoms with Gasteiger partial charge in [0.05, 0.1) is 5.69 Å². The Kier molecular flexibility index (Phi) is 4.03. The Morgan fingerprint density at radius 1 is 1.43 bits per heavy atom. The van der Waals surface area contributed by atoms with Crippen LogP contribution < -0.4 is 5.32 Å². The number of hydrogen-bond acceptors (Lipinski definition) is 4. The first kappa shape index (κ1) is 14.2. The highest BCUT2D eigenvalue weighted by Crippen LogP contribution is 2.22. The molecule has 0 aliphatic heterocycles. The summed E-state index contributed by atoms with van der Waals surface area (Å²) in [4.78, 5) is 5.92. The summed E-state index contributed by atoms with van der Waals surface area (Å²) in [6.45, 7) is 5.07. The molecule has 3 heterocycles. The van der Waals surface area contributed by atoms with Gasteiger partial charge in [-0.15, -0.1) is 11.3 Å². The molecule has 0 bridgehead atoms. The summed E-state index contributed by atoms with van der Waals surface area (Å²) in [5, 5.41) is 11.3. The van der Waals surface area contributed by atoms with Gasteiger partial charge in [-0.2, -0.15) is 5.10 Å². The molecule has 0 saturated heterocycles. The fraction of sp³-hybridized carbons (Fsp3) is 0.375. The fourth-order valence-electron chi connectivity index (χ4n) is 2.62. The van der Waals surface area contributed by atoms with Crippen molar-refractivity contribution in [3.63, 3.8) is 0 Å². The van der Waals surface area contributed by atoms with Crippen LogP contribution in [0.3, 0.4) is 0 Å². The van der Waals surface area contributed by atoms with E-state index in [-0.39, 0.29) is 0 Å². The van der Waals surface area contributed by atoms with Crippen molar-refractivity contribution in [2.45, 2.75) is 32.9 Å². The van der Waals surface area contributed by atoms with Crippen LogP contribution in [-0.2, 0) is 13.6 Å². The van der Waals surface area contributed by atoms with E-state index in [4.69, 9.17) is 0 Å². The lowest BCUT2D eigenvalue weighted by molar-refractivity contribution is 0.526. The van der Waals surface area contributed by atoms with Crippen LogP contribution in [-0.4, -0.2) is 14.8 Å². The molecule has 3 aromatic heterocycles. The summed E-state index contributed by atoms with van der Waals surface area (Å²) in [6, 6.07) is 6.91. The Morgan fingerprint density at radius 2 is 2.29 bits per heavy atom. The maximum atomic E-state index is 4.53. The minimum atomic E-state index is 0.413. The molecule has 21 heavy (non-hydrogen) atoms. The maximum absolute atomic E-state index is 4.53. The zero-order valence-corrected chi connectivity index (χ0v) is 13.4. The second-order valence-electron chi connectivity index (χ2n) is 5.28. The predicted molar refractivity (Wildman–Crippen MR) is 87.4 cm³/mol. The van der Waals surface area contributed by atoms with Crippen LogP contribution in [0.15, 0.2) is 29.8 Å². The van der Waals surface area contributed by atoms with Gasteiger partial charge in [0.2, 0.25) is 0 Å². The third-order valence-electron chi connectivity index (χ3n) is 3.77. The van der Waals surface area contributed by atoms with Gasteiger partial charge in [0.25, 0.3) is 0 Å². The van der Waals surface area contributed by atoms with Gasteiger partial charge in [-0.3, -0.25) is 4.68 Å². The van der Waals surface area contributed by atoms with Crippen LogP contribution in [0.1, 0.15) is 35.5 Å². The first-order valence-electron chi connectivity index (χ1n) is 7.24. The Balaban J connectivity index is 1.77. The number of fused-ring (bicyclic) bond motifs is 1. The molecule has 5 heteroatoms. The molecule has 4 nitrogen and oxygen atoms in total. The van der Waals surface area contributed by atoms with E-state index >= 15 is 0 Å². The van der Waals surface area contributed by atoms with E-state index in [0.717, 1.165) is 29.7 Å². The smallest absolute Gasteiger partial charge is 0.157 e. The van der Waals surface area contributed by atoms with Crippen LogP contribution in [0.25, 0.3) is 11.0 Å². The standard InChI is InChI=1S/C16H20N4S/c1-4-14(15-6-5-7-21-15)17-9-12-8-13-11(2)19-20(3)16(13)18-10-12/h5-8,10,14,17H,4,9H2,1-3H3. The minimum Gasteiger partial charge on any atom is -0.305 e. The quantitative estimate of drug-likeness (QED) is 0.783. The zero-order chi connectivity index (χ0) is 14.8. The number of thiophene rings is 1. The molecule has 1 unspecified atom stereocenters. The molecule has 0 aliphatic rings. The lowest BCUT2D eigenvalue weighted by atomic mass is 10.1. The molecule has 0 aromatic carbocycles. The van der Waals surface area contributed by atoms with E-state index in [9.17, 15) is 0 Å². The molecule has 0 amide bonds. The maximum Gasteiger partial charge on any atom is 0.157 e. The predicted octanol–water partition coefficient (Wildman–Crippen LogP) is 3.58. The molecule has 3 aromatic rings. The van der Waals surface area contributed by atoms with Crippen molar-refractivity contribution in [1.29, 1.82) is 0 Å². The third kappa shape index (κ3) is 2.84. The van der Waals surface area contributed by atoms with Gasteiger partial charge in [0.15, 0.2) is 5.65 Å². The lowest BCUT2D eigenvalue weighted by Gasteiger charge is -2.15. The van der Waals surface area contributed by atoms with Crippen molar-refractivity contribution < 1.29 is 0 Å². The van der Waals surface area contributed by atoms with Crippen molar-refractivity contribution in [3.05, 3.63) is 45.9 Å². The van der Waals surface area contributed by atoms with Crippen LogP contribution >= 0.6 is 11.3 Å². The topological polar surface area (TPSA) is 42.7 Å². The minimum absolute atomic E-state index is 0.413. The highest BCUT2D eigenvalue weighted by molar-refractivity contribution is 7.10. The summed E-state index contributed by atoms with van der Waals surface area (Å²) < 4.78 is 1.84. The Bertz CT molecular complexity index is 730. The van der Waals surface area contributed by atoms with E-state index in [1.807, 2.05) is 36.2 Å². The van der Waals surface area contributed by atoms with E-state index < -0.39 is 0 Å². The van der Waals surface area contributed by atoms with Crippen LogP contribution in [0.5, 0.6) is 0 Å². The van der Waals surface area contributed by atoms with E-state index in [1.54, 1.807) is 0 Å². The monoisotopic (exact) mass is 300 g/mol. The number of nitrogens with zero attached hydrogens (tertiary/aromatic N) is 3. The summed E-state index contributed by atoms with van der Waals surface area (Å²) >= 11 is 1.81. The summed E-state index contributed by atoms with van der Waals surface area (Å²) in [7, 11) is 1.93. The highest BCUT2D eigenvalue weighted by Gasteiger charge is 2.11. The molecule has 0 radical (unpaired) electrons. The molecular weight excluding hydrogens is 280 g/mol. The molecule has 0 fully saturated rings. The van der Waals surface area contributed by atoms with Crippen LogP contribution in [0.4, 0.5) is 0 Å². The summed E-state index contributed by atoms with van der Waals surface area (Å²) in [5.41, 5.74) is 3.18. The summed E-state index contributed by atoms with van der Waals surface area (Å²) in [6.07, 6.45) is 3.03. The number of rotatable bonds is 5. The number of nitrogens with one attached hydrogen (secondary N) is 1. The molecule has 0 aliphatic carbocycles. The van der Waals surface area contributed by atoms with Gasteiger partial charge >= 0.3 is 0 Å². The Hall–Kier alpha value is -1.72.